The standard InChI is InChI=1S/C23H25FN6O/c1-6-29-16(5)20(12-25-29)14(3)27-23(31)19-11-13(2)26-22-21(19)15(4)28-30(22)18-9-7-17(24)8-10-18/h7-12,14H,6H2,1-5H3,(H,27,31)/t14-/m0/s1. The number of benzene rings is 1. The molecule has 3 aromatic heterocycles. The Labute approximate surface area is 179 Å². The van der Waals surface area contributed by atoms with Crippen molar-refractivity contribution in [3.05, 3.63) is 70.6 Å². The van der Waals surface area contributed by atoms with Gasteiger partial charge in [-0.2, -0.15) is 10.2 Å². The number of rotatable bonds is 5. The highest BCUT2D eigenvalue weighted by Gasteiger charge is 2.22. The smallest absolute Gasteiger partial charge is 0.252 e. The Kier molecular flexibility index (Phi) is 5.31. The highest BCUT2D eigenvalue weighted by Crippen LogP contribution is 2.26. The third kappa shape index (κ3) is 3.69. The van der Waals surface area contributed by atoms with Crippen LogP contribution >= 0.6 is 0 Å². The molecule has 1 atom stereocenters. The normalized spacial score (nSPS) is 12.3. The second-order valence-corrected chi connectivity index (χ2v) is 7.68. The lowest BCUT2D eigenvalue weighted by Gasteiger charge is -2.15. The van der Waals surface area contributed by atoms with Crippen LogP contribution in [0.4, 0.5) is 4.39 Å². The lowest BCUT2D eigenvalue weighted by Crippen LogP contribution is -2.27. The van der Waals surface area contributed by atoms with Crippen molar-refractivity contribution in [1.29, 1.82) is 0 Å². The number of nitrogens with zero attached hydrogens (tertiary/aromatic N) is 5. The van der Waals surface area contributed by atoms with Gasteiger partial charge in [-0.3, -0.25) is 9.48 Å². The van der Waals surface area contributed by atoms with E-state index in [9.17, 15) is 9.18 Å². The van der Waals surface area contributed by atoms with Crippen LogP contribution in [0.1, 0.15) is 52.9 Å². The SMILES string of the molecule is CCn1ncc([C@H](C)NC(=O)c2cc(C)nc3c2c(C)nn3-c2ccc(F)cc2)c1C. The third-order valence-corrected chi connectivity index (χ3v) is 5.51. The maximum atomic E-state index is 13.4. The number of nitrogens with one attached hydrogen (secondary N) is 1. The van der Waals surface area contributed by atoms with Gasteiger partial charge in [-0.05, 0) is 65.0 Å². The van der Waals surface area contributed by atoms with Gasteiger partial charge in [0.05, 0.1) is 34.6 Å². The van der Waals surface area contributed by atoms with E-state index in [0.29, 0.717) is 33.7 Å². The molecule has 3 heterocycles. The van der Waals surface area contributed by atoms with Crippen LogP contribution in [0.15, 0.2) is 36.5 Å². The molecule has 0 saturated carbocycles. The number of pyridine rings is 1. The van der Waals surface area contributed by atoms with Crippen LogP contribution in [0.3, 0.4) is 0 Å². The molecule has 0 aliphatic rings. The van der Waals surface area contributed by atoms with Gasteiger partial charge in [-0.1, -0.05) is 0 Å². The Morgan fingerprint density at radius 3 is 2.55 bits per heavy atom. The van der Waals surface area contributed by atoms with Crippen molar-refractivity contribution in [2.24, 2.45) is 0 Å². The number of halogens is 1. The van der Waals surface area contributed by atoms with Gasteiger partial charge in [0.1, 0.15) is 5.82 Å². The lowest BCUT2D eigenvalue weighted by atomic mass is 10.1. The van der Waals surface area contributed by atoms with Crippen molar-refractivity contribution in [2.45, 2.75) is 47.2 Å². The van der Waals surface area contributed by atoms with Crippen molar-refractivity contribution in [1.82, 2.24) is 29.9 Å². The summed E-state index contributed by atoms with van der Waals surface area (Å²) in [7, 11) is 0. The summed E-state index contributed by atoms with van der Waals surface area (Å²) in [6.45, 7) is 10.4. The number of hydrogen-bond donors (Lipinski definition) is 1. The number of fused-ring (bicyclic) bond motifs is 1. The van der Waals surface area contributed by atoms with E-state index in [1.165, 1.54) is 12.1 Å². The van der Waals surface area contributed by atoms with Crippen LogP contribution < -0.4 is 5.32 Å². The number of hydrogen-bond acceptors (Lipinski definition) is 4. The molecule has 0 spiro atoms. The molecule has 1 N–H and O–H groups in total. The molecule has 8 heteroatoms. The fraction of sp³-hybridized carbons (Fsp3) is 0.304. The zero-order valence-corrected chi connectivity index (χ0v) is 18.3. The van der Waals surface area contributed by atoms with Gasteiger partial charge in [-0.15, -0.1) is 0 Å². The van der Waals surface area contributed by atoms with Crippen molar-refractivity contribution in [3.63, 3.8) is 0 Å². The second-order valence-electron chi connectivity index (χ2n) is 7.68. The maximum Gasteiger partial charge on any atom is 0.252 e. The van der Waals surface area contributed by atoms with Gasteiger partial charge < -0.3 is 5.32 Å². The first-order chi connectivity index (χ1) is 14.8. The summed E-state index contributed by atoms with van der Waals surface area (Å²) in [4.78, 5) is 17.9. The highest BCUT2D eigenvalue weighted by molar-refractivity contribution is 6.07. The lowest BCUT2D eigenvalue weighted by molar-refractivity contribution is 0.0941. The van der Waals surface area contributed by atoms with Crippen LogP contribution in [0.2, 0.25) is 0 Å². The zero-order chi connectivity index (χ0) is 22.3. The number of amides is 1. The number of aryl methyl sites for hydroxylation is 3. The molecule has 0 aliphatic heterocycles. The minimum absolute atomic E-state index is 0.201. The molecule has 0 fully saturated rings. The molecular weight excluding hydrogens is 395 g/mol. The van der Waals surface area contributed by atoms with Crippen LogP contribution in [0, 0.1) is 26.6 Å². The summed E-state index contributed by atoms with van der Waals surface area (Å²) in [5, 5.41) is 12.7. The van der Waals surface area contributed by atoms with Crippen molar-refractivity contribution < 1.29 is 9.18 Å². The Morgan fingerprint density at radius 1 is 1.19 bits per heavy atom. The summed E-state index contributed by atoms with van der Waals surface area (Å²) < 4.78 is 16.9. The van der Waals surface area contributed by atoms with E-state index in [-0.39, 0.29) is 17.8 Å². The average molecular weight is 420 g/mol. The molecule has 1 amide bonds. The van der Waals surface area contributed by atoms with E-state index in [1.54, 1.807) is 29.1 Å². The molecule has 0 bridgehead atoms. The van der Waals surface area contributed by atoms with E-state index in [4.69, 9.17) is 0 Å². The quantitative estimate of drug-likeness (QED) is 0.525. The number of aromatic nitrogens is 5. The summed E-state index contributed by atoms with van der Waals surface area (Å²) in [5.41, 5.74) is 5.16. The molecular formula is C23H25FN6O. The Bertz CT molecular complexity index is 1270. The van der Waals surface area contributed by atoms with Crippen LogP contribution in [-0.4, -0.2) is 30.5 Å². The summed E-state index contributed by atoms with van der Waals surface area (Å²) in [6, 6.07) is 7.60. The molecule has 0 unspecified atom stereocenters. The van der Waals surface area contributed by atoms with Gasteiger partial charge in [0, 0.05) is 23.5 Å². The van der Waals surface area contributed by atoms with Crippen LogP contribution in [-0.2, 0) is 6.54 Å². The largest absolute Gasteiger partial charge is 0.345 e. The monoisotopic (exact) mass is 420 g/mol. The summed E-state index contributed by atoms with van der Waals surface area (Å²) in [5.74, 6) is -0.523. The first-order valence-corrected chi connectivity index (χ1v) is 10.3. The first-order valence-electron chi connectivity index (χ1n) is 10.3. The molecule has 1 aromatic carbocycles. The third-order valence-electron chi connectivity index (χ3n) is 5.51. The van der Waals surface area contributed by atoms with Crippen molar-refractivity contribution in [3.8, 4) is 5.69 Å². The minimum atomic E-state index is -0.322. The van der Waals surface area contributed by atoms with Gasteiger partial charge in [-0.25, -0.2) is 14.1 Å². The molecule has 31 heavy (non-hydrogen) atoms. The number of carbonyl (C=O) groups is 1. The Hall–Kier alpha value is -3.55. The predicted molar refractivity (Wildman–Crippen MR) is 117 cm³/mol. The topological polar surface area (TPSA) is 77.6 Å². The highest BCUT2D eigenvalue weighted by atomic mass is 19.1. The fourth-order valence-electron chi connectivity index (χ4n) is 3.91. The Morgan fingerprint density at radius 2 is 1.90 bits per heavy atom. The Balaban J connectivity index is 1.74. The van der Waals surface area contributed by atoms with Crippen molar-refractivity contribution in [2.75, 3.05) is 0 Å². The summed E-state index contributed by atoms with van der Waals surface area (Å²) >= 11 is 0. The van der Waals surface area contributed by atoms with E-state index in [1.807, 2.05) is 39.3 Å². The molecule has 160 valence electrons. The van der Waals surface area contributed by atoms with Crippen molar-refractivity contribution >= 4 is 16.9 Å². The molecule has 4 rings (SSSR count). The van der Waals surface area contributed by atoms with Gasteiger partial charge in [0.15, 0.2) is 5.65 Å². The first kappa shape index (κ1) is 20.7. The molecule has 0 saturated heterocycles. The number of carbonyl (C=O) groups excluding carboxylic acids is 1. The average Bonchev–Trinajstić information content (AvgIpc) is 3.27. The molecule has 0 aliphatic carbocycles. The van der Waals surface area contributed by atoms with E-state index in [0.717, 1.165) is 17.8 Å². The van der Waals surface area contributed by atoms with Crippen LogP contribution in [0.5, 0.6) is 0 Å². The van der Waals surface area contributed by atoms with Gasteiger partial charge in [0.2, 0.25) is 0 Å². The minimum Gasteiger partial charge on any atom is -0.345 e. The van der Waals surface area contributed by atoms with E-state index in [2.05, 4.69) is 20.5 Å². The predicted octanol–water partition coefficient (Wildman–Crippen LogP) is 4.19. The van der Waals surface area contributed by atoms with E-state index >= 15 is 0 Å². The molecule has 4 aromatic rings. The second kappa shape index (κ2) is 7.94. The zero-order valence-electron chi connectivity index (χ0n) is 18.3. The maximum absolute atomic E-state index is 13.4. The van der Waals surface area contributed by atoms with E-state index < -0.39 is 0 Å². The fourth-order valence-corrected chi connectivity index (χ4v) is 3.91. The van der Waals surface area contributed by atoms with Gasteiger partial charge >= 0.3 is 0 Å². The molecule has 0 radical (unpaired) electrons. The van der Waals surface area contributed by atoms with Gasteiger partial charge in [0.25, 0.3) is 5.91 Å². The van der Waals surface area contributed by atoms with Crippen LogP contribution in [0.25, 0.3) is 16.7 Å². The molecule has 7 nitrogen and oxygen atoms in total. The summed E-state index contributed by atoms with van der Waals surface area (Å²) in [6.07, 6.45) is 1.80.